The summed E-state index contributed by atoms with van der Waals surface area (Å²) in [5, 5.41) is 6.96. The lowest BCUT2D eigenvalue weighted by molar-refractivity contribution is 0.103. The summed E-state index contributed by atoms with van der Waals surface area (Å²) in [4.78, 5) is 27.0. The van der Waals surface area contributed by atoms with Gasteiger partial charge >= 0.3 is 0 Å². The van der Waals surface area contributed by atoms with Crippen LogP contribution in [-0.4, -0.2) is 21.0 Å². The second-order valence-corrected chi connectivity index (χ2v) is 5.99. The van der Waals surface area contributed by atoms with E-state index in [1.165, 1.54) is 6.07 Å². The van der Waals surface area contributed by atoms with Crippen LogP contribution in [0.3, 0.4) is 0 Å². The van der Waals surface area contributed by atoms with Crippen LogP contribution in [-0.2, 0) is 0 Å². The van der Waals surface area contributed by atoms with Crippen molar-refractivity contribution in [2.24, 2.45) is 0 Å². The van der Waals surface area contributed by atoms with Crippen molar-refractivity contribution in [1.82, 2.24) is 15.2 Å². The number of hydrogen-bond donors (Lipinski definition) is 2. The number of nitrogens with one attached hydrogen (secondary N) is 2. The lowest BCUT2D eigenvalue weighted by atomic mass is 10.0. The molecular weight excluding hydrogens is 326 g/mol. The first-order valence-corrected chi connectivity index (χ1v) is 7.90. The number of nitrogens with zero attached hydrogens (tertiary/aromatic N) is 1. The smallest absolute Gasteiger partial charge is 0.264 e. The molecule has 1 aromatic carbocycles. The Hall–Kier alpha value is -2.66. The second-order valence-electron chi connectivity index (χ2n) is 5.62. The Kier molecular flexibility index (Phi) is 4.36. The summed E-state index contributed by atoms with van der Waals surface area (Å²) < 4.78 is 0. The fourth-order valence-electron chi connectivity index (χ4n) is 2.60. The number of aromatic nitrogens is 3. The lowest BCUT2D eigenvalue weighted by Crippen LogP contribution is -2.10. The van der Waals surface area contributed by atoms with Gasteiger partial charge in [-0.1, -0.05) is 48.9 Å². The molecule has 1 unspecified atom stereocenters. The van der Waals surface area contributed by atoms with Crippen LogP contribution < -0.4 is 5.56 Å². The molecule has 6 heteroatoms. The highest BCUT2D eigenvalue weighted by Gasteiger charge is 2.23. The topological polar surface area (TPSA) is 78.6 Å². The molecule has 0 amide bonds. The molecule has 2 aromatic heterocycles. The molecule has 5 nitrogen and oxygen atoms in total. The largest absolute Gasteiger partial charge is 0.354 e. The normalized spacial score (nSPS) is 12.1. The first-order chi connectivity index (χ1) is 11.5. The summed E-state index contributed by atoms with van der Waals surface area (Å²) in [5.74, 6) is -0.298. The van der Waals surface area contributed by atoms with Crippen LogP contribution in [0, 0.1) is 6.92 Å². The summed E-state index contributed by atoms with van der Waals surface area (Å²) in [6.07, 6.45) is 0. The fraction of sp³-hybridized carbons (Fsp3) is 0.167. The van der Waals surface area contributed by atoms with E-state index in [4.69, 9.17) is 11.6 Å². The maximum absolute atomic E-state index is 12.7. The Morgan fingerprint density at radius 1 is 1.17 bits per heavy atom. The monoisotopic (exact) mass is 341 g/mol. The Bertz CT molecular complexity index is 924. The van der Waals surface area contributed by atoms with E-state index in [0.717, 1.165) is 0 Å². The van der Waals surface area contributed by atoms with E-state index >= 15 is 0 Å². The van der Waals surface area contributed by atoms with Gasteiger partial charge in [-0.25, -0.2) is 5.10 Å². The molecule has 0 radical (unpaired) electrons. The van der Waals surface area contributed by atoms with E-state index in [9.17, 15) is 9.59 Å². The number of carbonyl (C=O) groups is 1. The molecule has 0 spiro atoms. The number of hydrogen-bond acceptors (Lipinski definition) is 3. The first kappa shape index (κ1) is 16.2. The van der Waals surface area contributed by atoms with E-state index in [-0.39, 0.29) is 17.3 Å². The molecule has 122 valence electrons. The van der Waals surface area contributed by atoms with Crippen molar-refractivity contribution in [2.75, 3.05) is 0 Å². The predicted molar refractivity (Wildman–Crippen MR) is 92.8 cm³/mol. The van der Waals surface area contributed by atoms with Crippen LogP contribution in [0.15, 0.2) is 47.3 Å². The van der Waals surface area contributed by atoms with Crippen molar-refractivity contribution in [1.29, 1.82) is 0 Å². The molecule has 0 aliphatic heterocycles. The molecule has 3 aromatic rings. The Morgan fingerprint density at radius 3 is 2.50 bits per heavy atom. The SMILES string of the molecule is Cc1c(C(=O)c2ccccc2)[nH]c(C(C)c2ccc(=O)[nH]n2)c1Cl. The number of H-pyrrole nitrogens is 2. The molecule has 3 rings (SSSR count). The zero-order valence-corrected chi connectivity index (χ0v) is 14.0. The van der Waals surface area contributed by atoms with Gasteiger partial charge in [-0.2, -0.15) is 5.10 Å². The number of aromatic amines is 2. The molecule has 2 N–H and O–H groups in total. The Labute approximate surface area is 143 Å². The Morgan fingerprint density at radius 2 is 1.88 bits per heavy atom. The zero-order chi connectivity index (χ0) is 17.3. The average molecular weight is 342 g/mol. The van der Waals surface area contributed by atoms with Gasteiger partial charge in [-0.05, 0) is 18.6 Å². The van der Waals surface area contributed by atoms with Gasteiger partial charge in [0.15, 0.2) is 0 Å². The van der Waals surface area contributed by atoms with Crippen molar-refractivity contribution < 1.29 is 4.79 Å². The first-order valence-electron chi connectivity index (χ1n) is 7.52. The molecule has 24 heavy (non-hydrogen) atoms. The summed E-state index contributed by atoms with van der Waals surface area (Å²) in [6.45, 7) is 3.72. The molecule has 1 atom stereocenters. The fourth-order valence-corrected chi connectivity index (χ4v) is 2.90. The van der Waals surface area contributed by atoms with Gasteiger partial charge in [-0.3, -0.25) is 9.59 Å². The van der Waals surface area contributed by atoms with Crippen molar-refractivity contribution in [3.63, 3.8) is 0 Å². The predicted octanol–water partition coefficient (Wildman–Crippen LogP) is 3.44. The molecule has 2 heterocycles. The quantitative estimate of drug-likeness (QED) is 0.713. The van der Waals surface area contributed by atoms with E-state index in [2.05, 4.69) is 15.2 Å². The number of benzene rings is 1. The van der Waals surface area contributed by atoms with Crippen LogP contribution in [0.5, 0.6) is 0 Å². The van der Waals surface area contributed by atoms with Gasteiger partial charge in [0.25, 0.3) is 5.56 Å². The van der Waals surface area contributed by atoms with Crippen LogP contribution in [0.2, 0.25) is 5.02 Å². The Balaban J connectivity index is 2.01. The molecule has 0 bridgehead atoms. The molecule has 0 fully saturated rings. The third-order valence-electron chi connectivity index (χ3n) is 4.04. The summed E-state index contributed by atoms with van der Waals surface area (Å²) in [6, 6.07) is 12.1. The number of carbonyl (C=O) groups excluding carboxylic acids is 1. The number of ketones is 1. The van der Waals surface area contributed by atoms with Crippen molar-refractivity contribution in [3.8, 4) is 0 Å². The maximum atomic E-state index is 12.7. The van der Waals surface area contributed by atoms with Gasteiger partial charge in [0.1, 0.15) is 0 Å². The van der Waals surface area contributed by atoms with Gasteiger partial charge in [0.05, 0.1) is 16.4 Å². The van der Waals surface area contributed by atoms with Crippen LogP contribution in [0.1, 0.15) is 45.8 Å². The standard InChI is InChI=1S/C18H16ClN3O2/c1-10(13-8-9-14(23)22-21-13)16-15(19)11(2)17(20-16)18(24)12-6-4-3-5-7-12/h3-10,20H,1-2H3,(H,22,23). The minimum absolute atomic E-state index is 0.108. The van der Waals surface area contributed by atoms with Crippen LogP contribution in [0.25, 0.3) is 0 Å². The van der Waals surface area contributed by atoms with Gasteiger partial charge in [0, 0.05) is 23.2 Å². The molecule has 0 aliphatic carbocycles. The van der Waals surface area contributed by atoms with Crippen LogP contribution >= 0.6 is 11.6 Å². The average Bonchev–Trinajstić information content (AvgIpc) is 2.90. The molecule has 0 saturated carbocycles. The van der Waals surface area contributed by atoms with E-state index in [1.54, 1.807) is 18.2 Å². The highest BCUT2D eigenvalue weighted by molar-refractivity contribution is 6.33. The number of rotatable bonds is 4. The molecule has 0 saturated heterocycles. The highest BCUT2D eigenvalue weighted by atomic mass is 35.5. The maximum Gasteiger partial charge on any atom is 0.264 e. The van der Waals surface area contributed by atoms with Gasteiger partial charge in [0.2, 0.25) is 5.78 Å². The third-order valence-corrected chi connectivity index (χ3v) is 4.53. The highest BCUT2D eigenvalue weighted by Crippen LogP contribution is 2.33. The summed E-state index contributed by atoms with van der Waals surface area (Å²) in [5.41, 5.74) is 2.87. The van der Waals surface area contributed by atoms with E-state index in [0.29, 0.717) is 33.2 Å². The van der Waals surface area contributed by atoms with Crippen LogP contribution in [0.4, 0.5) is 0 Å². The lowest BCUT2D eigenvalue weighted by Gasteiger charge is -2.09. The minimum Gasteiger partial charge on any atom is -0.354 e. The third kappa shape index (κ3) is 2.90. The van der Waals surface area contributed by atoms with Crippen molar-refractivity contribution >= 4 is 17.4 Å². The summed E-state index contributed by atoms with van der Waals surface area (Å²) >= 11 is 6.44. The molecule has 0 aliphatic rings. The van der Waals surface area contributed by atoms with E-state index in [1.807, 2.05) is 32.0 Å². The van der Waals surface area contributed by atoms with Gasteiger partial charge < -0.3 is 4.98 Å². The van der Waals surface area contributed by atoms with Gasteiger partial charge in [-0.15, -0.1) is 0 Å². The summed E-state index contributed by atoms with van der Waals surface area (Å²) in [7, 11) is 0. The molecular formula is C18H16ClN3O2. The number of halogens is 1. The van der Waals surface area contributed by atoms with E-state index < -0.39 is 0 Å². The zero-order valence-electron chi connectivity index (χ0n) is 13.3. The van der Waals surface area contributed by atoms with Crippen molar-refractivity contribution in [2.45, 2.75) is 19.8 Å². The minimum atomic E-state index is -0.264. The second kappa shape index (κ2) is 6.45. The van der Waals surface area contributed by atoms with Crippen molar-refractivity contribution in [3.05, 3.63) is 86.0 Å².